The van der Waals surface area contributed by atoms with Crippen molar-refractivity contribution in [2.45, 2.75) is 20.8 Å². The van der Waals surface area contributed by atoms with Gasteiger partial charge in [0.2, 0.25) is 0 Å². The fraction of sp³-hybridized carbons (Fsp3) is 0.214. The van der Waals surface area contributed by atoms with Crippen LogP contribution in [-0.2, 0) is 0 Å². The van der Waals surface area contributed by atoms with Crippen LogP contribution >= 0.6 is 0 Å². The van der Waals surface area contributed by atoms with Crippen LogP contribution < -0.4 is 0 Å². The highest BCUT2D eigenvalue weighted by Crippen LogP contribution is 2.25. The van der Waals surface area contributed by atoms with Crippen LogP contribution in [0.2, 0.25) is 0 Å². The fourth-order valence-electron chi connectivity index (χ4n) is 1.98. The summed E-state index contributed by atoms with van der Waals surface area (Å²) in [5, 5.41) is 0. The summed E-state index contributed by atoms with van der Waals surface area (Å²) in [5.74, 6) is -0.0884. The number of carbonyl (C=O) groups is 2. The number of ketones is 1. The number of aromatic amines is 1. The van der Waals surface area contributed by atoms with Crippen molar-refractivity contribution in [2.24, 2.45) is 0 Å². The Balaban J connectivity index is 2.68. The topological polar surface area (TPSA) is 62.8 Å². The molecule has 2 aromatic heterocycles. The van der Waals surface area contributed by atoms with Crippen LogP contribution in [-0.4, -0.2) is 22.0 Å². The molecule has 2 aromatic rings. The molecule has 2 heterocycles. The van der Waals surface area contributed by atoms with E-state index in [-0.39, 0.29) is 5.78 Å². The number of nitrogens with zero attached hydrogens (tertiary/aromatic N) is 1. The van der Waals surface area contributed by atoms with Gasteiger partial charge in [-0.05, 0) is 37.1 Å². The van der Waals surface area contributed by atoms with Gasteiger partial charge in [-0.25, -0.2) is 0 Å². The molecule has 92 valence electrons. The minimum absolute atomic E-state index is 0.0884. The number of aromatic nitrogens is 2. The maximum absolute atomic E-state index is 11.5. The number of hydrogen-bond acceptors (Lipinski definition) is 3. The van der Waals surface area contributed by atoms with Crippen LogP contribution in [0.15, 0.2) is 18.3 Å². The zero-order valence-electron chi connectivity index (χ0n) is 10.6. The van der Waals surface area contributed by atoms with Gasteiger partial charge in [0.15, 0.2) is 12.1 Å². The normalized spacial score (nSPS) is 10.4. The van der Waals surface area contributed by atoms with Crippen molar-refractivity contribution in [3.63, 3.8) is 0 Å². The van der Waals surface area contributed by atoms with Gasteiger partial charge in [0, 0.05) is 18.7 Å². The molecule has 0 aromatic carbocycles. The van der Waals surface area contributed by atoms with Crippen molar-refractivity contribution in [1.82, 2.24) is 9.97 Å². The second-order valence-electron chi connectivity index (χ2n) is 4.31. The summed E-state index contributed by atoms with van der Waals surface area (Å²) < 4.78 is 0. The summed E-state index contributed by atoms with van der Waals surface area (Å²) in [6.45, 7) is 5.19. The number of pyridine rings is 1. The Morgan fingerprint density at radius 3 is 2.67 bits per heavy atom. The summed E-state index contributed by atoms with van der Waals surface area (Å²) in [7, 11) is 0. The number of H-pyrrole nitrogens is 1. The van der Waals surface area contributed by atoms with Gasteiger partial charge >= 0.3 is 0 Å². The molecule has 18 heavy (non-hydrogen) atoms. The maximum atomic E-state index is 11.5. The van der Waals surface area contributed by atoms with Crippen molar-refractivity contribution in [1.29, 1.82) is 0 Å². The summed E-state index contributed by atoms with van der Waals surface area (Å²) >= 11 is 0. The highest BCUT2D eigenvalue weighted by Gasteiger charge is 2.18. The molecule has 0 aliphatic heterocycles. The van der Waals surface area contributed by atoms with E-state index in [9.17, 15) is 9.59 Å². The predicted octanol–water partition coefficient (Wildman–Crippen LogP) is 2.71. The average molecular weight is 242 g/mol. The van der Waals surface area contributed by atoms with Crippen LogP contribution in [0, 0.1) is 13.8 Å². The first-order chi connectivity index (χ1) is 8.54. The Labute approximate surface area is 105 Å². The molecule has 0 saturated carbocycles. The van der Waals surface area contributed by atoms with Crippen molar-refractivity contribution in [2.75, 3.05) is 0 Å². The predicted molar refractivity (Wildman–Crippen MR) is 68.9 cm³/mol. The number of hydrogen-bond donors (Lipinski definition) is 1. The zero-order chi connectivity index (χ0) is 13.3. The first kappa shape index (κ1) is 12.2. The molecule has 4 nitrogen and oxygen atoms in total. The fourth-order valence-corrected chi connectivity index (χ4v) is 1.98. The standard InChI is InChI=1S/C14H14N2O2/c1-8-4-5-15-12(6-8)14-11(7-17)9(2)13(16-14)10(3)18/h4-7,16H,1-3H3. The van der Waals surface area contributed by atoms with Crippen molar-refractivity contribution >= 4 is 12.1 Å². The lowest BCUT2D eigenvalue weighted by molar-refractivity contribution is 0.101. The maximum Gasteiger partial charge on any atom is 0.176 e. The van der Waals surface area contributed by atoms with Gasteiger partial charge in [0.25, 0.3) is 0 Å². The molecule has 0 unspecified atom stereocenters. The Morgan fingerprint density at radius 2 is 2.11 bits per heavy atom. The van der Waals surface area contributed by atoms with E-state index in [1.807, 2.05) is 19.1 Å². The van der Waals surface area contributed by atoms with Crippen molar-refractivity contribution in [3.8, 4) is 11.4 Å². The van der Waals surface area contributed by atoms with E-state index in [0.717, 1.165) is 11.8 Å². The van der Waals surface area contributed by atoms with Crippen LogP contribution in [0.5, 0.6) is 0 Å². The van der Waals surface area contributed by atoms with E-state index in [1.54, 1.807) is 13.1 Å². The van der Waals surface area contributed by atoms with Crippen LogP contribution in [0.3, 0.4) is 0 Å². The number of rotatable bonds is 3. The molecule has 0 fully saturated rings. The van der Waals surface area contributed by atoms with Crippen LogP contribution in [0.4, 0.5) is 0 Å². The summed E-state index contributed by atoms with van der Waals surface area (Å²) in [5.41, 5.74) is 3.97. The van der Waals surface area contributed by atoms with Gasteiger partial charge in [0.05, 0.1) is 17.1 Å². The zero-order valence-corrected chi connectivity index (χ0v) is 10.6. The third kappa shape index (κ3) is 1.97. The third-order valence-corrected chi connectivity index (χ3v) is 2.94. The molecule has 0 aliphatic carbocycles. The van der Waals surface area contributed by atoms with E-state index < -0.39 is 0 Å². The van der Waals surface area contributed by atoms with E-state index in [0.29, 0.717) is 28.2 Å². The number of Topliss-reactive ketones (excluding diaryl/α,β-unsaturated/α-hetero) is 1. The molecular weight excluding hydrogens is 228 g/mol. The van der Waals surface area contributed by atoms with Crippen LogP contribution in [0.25, 0.3) is 11.4 Å². The van der Waals surface area contributed by atoms with E-state index in [4.69, 9.17) is 0 Å². The molecule has 0 aliphatic rings. The second kappa shape index (κ2) is 4.56. The molecule has 4 heteroatoms. The van der Waals surface area contributed by atoms with Gasteiger partial charge in [-0.2, -0.15) is 0 Å². The molecule has 0 bridgehead atoms. The Bertz CT molecular complexity index is 627. The smallest absolute Gasteiger partial charge is 0.176 e. The highest BCUT2D eigenvalue weighted by atomic mass is 16.1. The molecule has 1 N–H and O–H groups in total. The highest BCUT2D eigenvalue weighted by molar-refractivity contribution is 5.99. The molecule has 0 amide bonds. The lowest BCUT2D eigenvalue weighted by Crippen LogP contribution is -1.94. The van der Waals surface area contributed by atoms with E-state index in [1.165, 1.54) is 6.92 Å². The van der Waals surface area contributed by atoms with Gasteiger partial charge < -0.3 is 4.98 Å². The number of nitrogens with one attached hydrogen (secondary N) is 1. The van der Waals surface area contributed by atoms with Gasteiger partial charge in [-0.15, -0.1) is 0 Å². The second-order valence-corrected chi connectivity index (χ2v) is 4.31. The van der Waals surface area contributed by atoms with Gasteiger partial charge in [-0.3, -0.25) is 14.6 Å². The molecule has 0 atom stereocenters. The average Bonchev–Trinajstić information content (AvgIpc) is 2.66. The van der Waals surface area contributed by atoms with E-state index >= 15 is 0 Å². The lowest BCUT2D eigenvalue weighted by Gasteiger charge is -2.00. The SMILES string of the molecule is CC(=O)c1[nH]c(-c2cc(C)ccn2)c(C=O)c1C. The third-order valence-electron chi connectivity index (χ3n) is 2.94. The summed E-state index contributed by atoms with van der Waals surface area (Å²) in [6.07, 6.45) is 2.44. The van der Waals surface area contributed by atoms with E-state index in [2.05, 4.69) is 9.97 Å². The minimum Gasteiger partial charge on any atom is -0.350 e. The Morgan fingerprint density at radius 1 is 1.39 bits per heavy atom. The first-order valence-corrected chi connectivity index (χ1v) is 5.66. The Kier molecular flexibility index (Phi) is 3.10. The quantitative estimate of drug-likeness (QED) is 0.665. The molecule has 0 radical (unpaired) electrons. The molecular formula is C14H14N2O2. The minimum atomic E-state index is -0.0884. The number of carbonyl (C=O) groups excluding carboxylic acids is 2. The molecule has 0 saturated heterocycles. The lowest BCUT2D eigenvalue weighted by atomic mass is 10.1. The van der Waals surface area contributed by atoms with Crippen LogP contribution in [0.1, 0.15) is 38.9 Å². The molecule has 2 rings (SSSR count). The van der Waals surface area contributed by atoms with Crippen molar-refractivity contribution in [3.05, 3.63) is 40.7 Å². The molecule has 0 spiro atoms. The van der Waals surface area contributed by atoms with Crippen molar-refractivity contribution < 1.29 is 9.59 Å². The first-order valence-electron chi connectivity index (χ1n) is 5.66. The monoisotopic (exact) mass is 242 g/mol. The largest absolute Gasteiger partial charge is 0.350 e. The van der Waals surface area contributed by atoms with Gasteiger partial charge in [0.1, 0.15) is 0 Å². The summed E-state index contributed by atoms with van der Waals surface area (Å²) in [6, 6.07) is 3.76. The van der Waals surface area contributed by atoms with Gasteiger partial charge in [-0.1, -0.05) is 0 Å². The Hall–Kier alpha value is -2.23. The summed E-state index contributed by atoms with van der Waals surface area (Å²) in [4.78, 5) is 29.9. The number of aryl methyl sites for hydroxylation is 1. The number of aldehydes is 1.